The maximum atomic E-state index is 13.0. The lowest BCUT2D eigenvalue weighted by Crippen LogP contribution is -2.46. The van der Waals surface area contributed by atoms with Crippen molar-refractivity contribution in [2.45, 2.75) is 24.7 Å². The summed E-state index contributed by atoms with van der Waals surface area (Å²) in [7, 11) is 0. The van der Waals surface area contributed by atoms with Crippen LogP contribution in [-0.2, 0) is 29.5 Å². The zero-order chi connectivity index (χ0) is 23.2. The Kier molecular flexibility index (Phi) is 5.26. The van der Waals surface area contributed by atoms with E-state index in [1.54, 1.807) is 29.2 Å². The molecule has 1 fully saturated rings. The number of amides is 1. The largest absolute Gasteiger partial charge is 0.416 e. The van der Waals surface area contributed by atoms with Crippen molar-refractivity contribution >= 4 is 5.91 Å². The van der Waals surface area contributed by atoms with Gasteiger partial charge in [0.05, 0.1) is 18.8 Å². The lowest BCUT2D eigenvalue weighted by molar-refractivity contribution is -0.184. The summed E-state index contributed by atoms with van der Waals surface area (Å²) < 4.78 is 43.5. The van der Waals surface area contributed by atoms with E-state index in [2.05, 4.69) is 0 Å². The van der Waals surface area contributed by atoms with E-state index in [4.69, 9.17) is 4.74 Å². The first-order valence-corrected chi connectivity index (χ1v) is 10.7. The number of carbonyl (C=O) groups is 1. The highest BCUT2D eigenvalue weighted by Crippen LogP contribution is 2.33. The van der Waals surface area contributed by atoms with Gasteiger partial charge in [-0.05, 0) is 58.5 Å². The molecule has 0 aromatic heterocycles. The van der Waals surface area contributed by atoms with E-state index < -0.39 is 17.3 Å². The van der Waals surface area contributed by atoms with Crippen molar-refractivity contribution in [1.29, 1.82) is 0 Å². The fourth-order valence-electron chi connectivity index (χ4n) is 4.33. The smallest absolute Gasteiger partial charge is 0.380 e. The van der Waals surface area contributed by atoms with Crippen molar-refractivity contribution in [3.05, 3.63) is 94.5 Å². The molecule has 3 aromatic rings. The standard InChI is InChI=1S/C26H22F3NO3/c27-26(28,29)23-9-3-17(4-10-23)19-1-2-21-14-30(12-11-20(21)13-19)24(31)18-5-7-22(8-6-18)25(32)15-33-16-25/h1-10,13,32H,11-12,14-16H2. The van der Waals surface area contributed by atoms with Crippen molar-refractivity contribution in [1.82, 2.24) is 4.90 Å². The van der Waals surface area contributed by atoms with E-state index in [-0.39, 0.29) is 19.1 Å². The second-order valence-electron chi connectivity index (χ2n) is 8.64. The molecule has 0 saturated carbocycles. The Morgan fingerprint density at radius 3 is 2.18 bits per heavy atom. The van der Waals surface area contributed by atoms with Crippen molar-refractivity contribution in [3.8, 4) is 11.1 Å². The summed E-state index contributed by atoms with van der Waals surface area (Å²) >= 11 is 0. The first kappa shape index (κ1) is 21.7. The number of carbonyl (C=O) groups excluding carboxylic acids is 1. The number of hydrogen-bond donors (Lipinski definition) is 1. The summed E-state index contributed by atoms with van der Waals surface area (Å²) in [4.78, 5) is 14.8. The highest BCUT2D eigenvalue weighted by atomic mass is 19.4. The molecular formula is C26H22F3NO3. The molecule has 0 aliphatic carbocycles. The second kappa shape index (κ2) is 8.01. The predicted molar refractivity (Wildman–Crippen MR) is 116 cm³/mol. The van der Waals surface area contributed by atoms with Crippen molar-refractivity contribution in [3.63, 3.8) is 0 Å². The molecule has 0 atom stereocenters. The van der Waals surface area contributed by atoms with Crippen molar-refractivity contribution < 1.29 is 27.8 Å². The fraction of sp³-hybridized carbons (Fsp3) is 0.269. The molecule has 1 amide bonds. The first-order valence-electron chi connectivity index (χ1n) is 10.7. The number of nitrogens with zero attached hydrogens (tertiary/aromatic N) is 1. The van der Waals surface area contributed by atoms with E-state index in [0.29, 0.717) is 25.1 Å². The topological polar surface area (TPSA) is 49.8 Å². The monoisotopic (exact) mass is 453 g/mol. The summed E-state index contributed by atoms with van der Waals surface area (Å²) in [6, 6.07) is 18.0. The molecule has 1 saturated heterocycles. The van der Waals surface area contributed by atoms with Crippen molar-refractivity contribution in [2.75, 3.05) is 19.8 Å². The molecule has 0 spiro atoms. The Morgan fingerprint density at radius 1 is 0.909 bits per heavy atom. The molecular weight excluding hydrogens is 431 g/mol. The minimum atomic E-state index is -4.35. The molecule has 3 aromatic carbocycles. The molecule has 4 nitrogen and oxygen atoms in total. The van der Waals surface area contributed by atoms with Gasteiger partial charge in [-0.2, -0.15) is 13.2 Å². The van der Waals surface area contributed by atoms with Gasteiger partial charge in [0.2, 0.25) is 0 Å². The minimum Gasteiger partial charge on any atom is -0.380 e. The van der Waals surface area contributed by atoms with Crippen LogP contribution in [0.25, 0.3) is 11.1 Å². The number of aliphatic hydroxyl groups is 1. The average Bonchev–Trinajstić information content (AvgIpc) is 2.81. The van der Waals surface area contributed by atoms with Gasteiger partial charge in [0, 0.05) is 18.7 Å². The lowest BCUT2D eigenvalue weighted by Gasteiger charge is -2.36. The maximum absolute atomic E-state index is 13.0. The van der Waals surface area contributed by atoms with Gasteiger partial charge in [-0.3, -0.25) is 4.79 Å². The average molecular weight is 453 g/mol. The third kappa shape index (κ3) is 4.14. The van der Waals surface area contributed by atoms with Gasteiger partial charge in [-0.25, -0.2) is 0 Å². The Labute approximate surface area is 189 Å². The third-order valence-electron chi connectivity index (χ3n) is 6.40. The number of fused-ring (bicyclic) bond motifs is 1. The zero-order valence-electron chi connectivity index (χ0n) is 17.7. The highest BCUT2D eigenvalue weighted by molar-refractivity contribution is 5.94. The minimum absolute atomic E-state index is 0.0733. The van der Waals surface area contributed by atoms with Crippen LogP contribution >= 0.6 is 0 Å². The number of halogens is 3. The van der Waals surface area contributed by atoms with Crippen LogP contribution in [-0.4, -0.2) is 35.7 Å². The summed E-state index contributed by atoms with van der Waals surface area (Å²) in [5.74, 6) is -0.0733. The molecule has 0 unspecified atom stereocenters. The Bertz CT molecular complexity index is 1180. The first-order chi connectivity index (χ1) is 15.7. The molecule has 170 valence electrons. The van der Waals surface area contributed by atoms with Crippen LogP contribution in [0.5, 0.6) is 0 Å². The molecule has 0 bridgehead atoms. The highest BCUT2D eigenvalue weighted by Gasteiger charge is 2.38. The third-order valence-corrected chi connectivity index (χ3v) is 6.40. The van der Waals surface area contributed by atoms with Crippen LogP contribution in [0.4, 0.5) is 13.2 Å². The van der Waals surface area contributed by atoms with Crippen LogP contribution in [0, 0.1) is 0 Å². The van der Waals surface area contributed by atoms with Gasteiger partial charge in [0.25, 0.3) is 5.91 Å². The number of alkyl halides is 3. The van der Waals surface area contributed by atoms with Gasteiger partial charge >= 0.3 is 6.18 Å². The molecule has 5 rings (SSSR count). The number of hydrogen-bond acceptors (Lipinski definition) is 3. The van der Waals surface area contributed by atoms with E-state index in [0.717, 1.165) is 39.9 Å². The van der Waals surface area contributed by atoms with E-state index >= 15 is 0 Å². The van der Waals surface area contributed by atoms with Crippen LogP contribution in [0.2, 0.25) is 0 Å². The normalized spacial score (nSPS) is 17.3. The Morgan fingerprint density at radius 2 is 1.58 bits per heavy atom. The quantitative estimate of drug-likeness (QED) is 0.621. The molecule has 0 radical (unpaired) electrons. The van der Waals surface area contributed by atoms with Crippen molar-refractivity contribution in [2.24, 2.45) is 0 Å². The van der Waals surface area contributed by atoms with Crippen LogP contribution in [0.3, 0.4) is 0 Å². The summed E-state index contributed by atoms with van der Waals surface area (Å²) in [6.45, 7) is 1.55. The van der Waals surface area contributed by atoms with Crippen LogP contribution < -0.4 is 0 Å². The van der Waals surface area contributed by atoms with E-state index in [1.165, 1.54) is 12.1 Å². The van der Waals surface area contributed by atoms with Crippen LogP contribution in [0.1, 0.15) is 32.6 Å². The predicted octanol–water partition coefficient (Wildman–Crippen LogP) is 4.79. The van der Waals surface area contributed by atoms with E-state index in [1.807, 2.05) is 18.2 Å². The molecule has 1 N–H and O–H groups in total. The molecule has 33 heavy (non-hydrogen) atoms. The maximum Gasteiger partial charge on any atom is 0.416 e. The van der Waals surface area contributed by atoms with Gasteiger partial charge in [0.15, 0.2) is 0 Å². The molecule has 2 aliphatic rings. The van der Waals surface area contributed by atoms with Gasteiger partial charge in [-0.1, -0.05) is 42.5 Å². The van der Waals surface area contributed by atoms with Gasteiger partial charge in [-0.15, -0.1) is 0 Å². The Hall–Kier alpha value is -3.16. The molecule has 2 heterocycles. The van der Waals surface area contributed by atoms with E-state index in [9.17, 15) is 23.1 Å². The SMILES string of the molecule is O=C(c1ccc(C2(O)COC2)cc1)N1CCc2cc(-c3ccc(C(F)(F)F)cc3)ccc2C1. The second-order valence-corrected chi connectivity index (χ2v) is 8.64. The number of ether oxygens (including phenoxy) is 1. The zero-order valence-corrected chi connectivity index (χ0v) is 17.7. The molecule has 7 heteroatoms. The Balaban J connectivity index is 1.30. The van der Waals surface area contributed by atoms with Crippen LogP contribution in [0.15, 0.2) is 66.7 Å². The summed E-state index contributed by atoms with van der Waals surface area (Å²) in [6.07, 6.45) is -3.68. The molecule has 2 aliphatic heterocycles. The number of benzene rings is 3. The lowest BCUT2D eigenvalue weighted by atomic mass is 9.91. The van der Waals surface area contributed by atoms with Gasteiger partial charge < -0.3 is 14.7 Å². The number of rotatable bonds is 3. The summed E-state index contributed by atoms with van der Waals surface area (Å²) in [5, 5.41) is 10.4. The summed E-state index contributed by atoms with van der Waals surface area (Å²) in [5.41, 5.74) is 3.38. The fourth-order valence-corrected chi connectivity index (χ4v) is 4.33. The van der Waals surface area contributed by atoms with Gasteiger partial charge in [0.1, 0.15) is 5.60 Å².